The van der Waals surface area contributed by atoms with Gasteiger partial charge in [0.2, 0.25) is 24.6 Å². The van der Waals surface area contributed by atoms with Crippen LogP contribution >= 0.6 is 0 Å². The number of nitrogens with zero attached hydrogens (tertiary/aromatic N) is 3. The minimum atomic E-state index is -4.75. The Morgan fingerprint density at radius 3 is 2.02 bits per heavy atom. The van der Waals surface area contributed by atoms with Gasteiger partial charge >= 0.3 is 6.36 Å². The first-order valence-electron chi connectivity index (χ1n) is 12.4. The predicted octanol–water partition coefficient (Wildman–Crippen LogP) is 3.13. The molecule has 4 rings (SSSR count). The van der Waals surface area contributed by atoms with Crippen LogP contribution in [0.2, 0.25) is 0 Å². The van der Waals surface area contributed by atoms with Gasteiger partial charge in [0.1, 0.15) is 5.75 Å². The molecule has 0 atom stereocenters. The van der Waals surface area contributed by atoms with E-state index >= 15 is 0 Å². The third-order valence-electron chi connectivity index (χ3n) is 5.29. The van der Waals surface area contributed by atoms with Gasteiger partial charge in [-0.05, 0) is 35.4 Å². The summed E-state index contributed by atoms with van der Waals surface area (Å²) in [6.45, 7) is 3.50. The molecule has 12 nitrogen and oxygen atoms in total. The predicted molar refractivity (Wildman–Crippen MR) is 139 cm³/mol. The molecule has 1 aromatic heterocycles. The maximum Gasteiger partial charge on any atom is 0.573 e. The molecule has 0 saturated heterocycles. The first kappa shape index (κ1) is 28.9. The van der Waals surface area contributed by atoms with Gasteiger partial charge in [0, 0.05) is 26.2 Å². The zero-order chi connectivity index (χ0) is 28.2. The highest BCUT2D eigenvalue weighted by Crippen LogP contribution is 2.32. The summed E-state index contributed by atoms with van der Waals surface area (Å²) in [4.78, 5) is 13.2. The molecule has 2 heterocycles. The number of nitrogens with one attached hydrogen (secondary N) is 3. The quantitative estimate of drug-likeness (QED) is 0.189. The molecule has 5 N–H and O–H groups in total. The topological polar surface area (TPSA) is 147 Å². The van der Waals surface area contributed by atoms with Gasteiger partial charge in [-0.1, -0.05) is 18.2 Å². The molecular formula is C25H30F3N7O5. The molecule has 0 aliphatic carbocycles. The SMILES string of the molecule is NCCOCCOCCNc1nc(NCc2ccc(OC(F)(F)F)cc2)nc(NCc2ccc3c(c2)OCO3)n1. The fourth-order valence-electron chi connectivity index (χ4n) is 3.48. The van der Waals surface area contributed by atoms with Crippen molar-refractivity contribution in [3.63, 3.8) is 0 Å². The lowest BCUT2D eigenvalue weighted by atomic mass is 10.2. The van der Waals surface area contributed by atoms with Crippen LogP contribution in [0.5, 0.6) is 17.2 Å². The lowest BCUT2D eigenvalue weighted by Crippen LogP contribution is -2.17. The Morgan fingerprint density at radius 2 is 1.35 bits per heavy atom. The first-order valence-corrected chi connectivity index (χ1v) is 12.4. The second-order valence-corrected chi connectivity index (χ2v) is 8.33. The molecule has 1 aliphatic rings. The summed E-state index contributed by atoms with van der Waals surface area (Å²) in [6, 6.07) is 11.1. The van der Waals surface area contributed by atoms with Crippen molar-refractivity contribution in [2.24, 2.45) is 5.73 Å². The highest BCUT2D eigenvalue weighted by molar-refractivity contribution is 5.47. The van der Waals surface area contributed by atoms with Gasteiger partial charge in [0.05, 0.1) is 26.4 Å². The van der Waals surface area contributed by atoms with E-state index < -0.39 is 6.36 Å². The van der Waals surface area contributed by atoms with Gasteiger partial charge in [-0.25, -0.2) is 0 Å². The maximum atomic E-state index is 12.4. The molecule has 15 heteroatoms. The van der Waals surface area contributed by atoms with E-state index in [9.17, 15) is 13.2 Å². The number of anilines is 3. The second-order valence-electron chi connectivity index (χ2n) is 8.33. The van der Waals surface area contributed by atoms with E-state index in [-0.39, 0.29) is 25.0 Å². The highest BCUT2D eigenvalue weighted by atomic mass is 19.4. The number of alkyl halides is 3. The average molecular weight is 566 g/mol. The summed E-state index contributed by atoms with van der Waals surface area (Å²) in [5, 5.41) is 9.34. The normalized spacial score (nSPS) is 12.3. The summed E-state index contributed by atoms with van der Waals surface area (Å²) in [7, 11) is 0. The van der Waals surface area contributed by atoms with Gasteiger partial charge in [-0.15, -0.1) is 13.2 Å². The number of ether oxygens (including phenoxy) is 5. The van der Waals surface area contributed by atoms with Crippen molar-refractivity contribution in [2.45, 2.75) is 19.5 Å². The molecule has 0 spiro atoms. The average Bonchev–Trinajstić information content (AvgIpc) is 3.40. The van der Waals surface area contributed by atoms with Crippen molar-refractivity contribution in [1.82, 2.24) is 15.0 Å². The summed E-state index contributed by atoms with van der Waals surface area (Å²) in [5.41, 5.74) is 7.01. The van der Waals surface area contributed by atoms with Gasteiger partial charge in [-0.2, -0.15) is 15.0 Å². The van der Waals surface area contributed by atoms with Crippen molar-refractivity contribution < 1.29 is 36.9 Å². The van der Waals surface area contributed by atoms with Gasteiger partial charge in [0.15, 0.2) is 11.5 Å². The molecule has 0 amide bonds. The molecule has 40 heavy (non-hydrogen) atoms. The van der Waals surface area contributed by atoms with Crippen LogP contribution in [0.4, 0.5) is 31.0 Å². The number of aromatic nitrogens is 3. The smallest absolute Gasteiger partial charge is 0.454 e. The van der Waals surface area contributed by atoms with E-state index in [4.69, 9.17) is 24.7 Å². The Bertz CT molecular complexity index is 1220. The van der Waals surface area contributed by atoms with Gasteiger partial charge < -0.3 is 45.4 Å². The number of hydrogen-bond donors (Lipinski definition) is 4. The third kappa shape index (κ3) is 9.59. The number of halogens is 3. The van der Waals surface area contributed by atoms with E-state index in [1.807, 2.05) is 18.2 Å². The van der Waals surface area contributed by atoms with Crippen molar-refractivity contribution >= 4 is 17.8 Å². The summed E-state index contributed by atoms with van der Waals surface area (Å²) in [5.74, 6) is 1.93. The number of benzene rings is 2. The number of nitrogens with two attached hydrogens (primary N) is 1. The van der Waals surface area contributed by atoms with Crippen LogP contribution in [0.1, 0.15) is 11.1 Å². The molecule has 0 unspecified atom stereocenters. The van der Waals surface area contributed by atoms with E-state index in [1.165, 1.54) is 24.3 Å². The third-order valence-corrected chi connectivity index (χ3v) is 5.29. The van der Waals surface area contributed by atoms with Crippen LogP contribution < -0.4 is 35.9 Å². The Labute approximate surface area is 228 Å². The van der Waals surface area contributed by atoms with Crippen LogP contribution in [0.25, 0.3) is 0 Å². The van der Waals surface area contributed by atoms with Gasteiger partial charge in [-0.3, -0.25) is 0 Å². The van der Waals surface area contributed by atoms with Crippen LogP contribution in [0.15, 0.2) is 42.5 Å². The van der Waals surface area contributed by atoms with Crippen LogP contribution in [-0.4, -0.2) is 67.6 Å². The largest absolute Gasteiger partial charge is 0.573 e. The Balaban J connectivity index is 1.36. The fourth-order valence-corrected chi connectivity index (χ4v) is 3.48. The number of fused-ring (bicyclic) bond motifs is 1. The monoisotopic (exact) mass is 565 g/mol. The van der Waals surface area contributed by atoms with Crippen molar-refractivity contribution in [3.8, 4) is 17.2 Å². The van der Waals surface area contributed by atoms with Crippen LogP contribution in [-0.2, 0) is 22.6 Å². The Morgan fingerprint density at radius 1 is 0.750 bits per heavy atom. The molecule has 0 bridgehead atoms. The summed E-state index contributed by atoms with van der Waals surface area (Å²) >= 11 is 0. The van der Waals surface area contributed by atoms with Crippen LogP contribution in [0.3, 0.4) is 0 Å². The van der Waals surface area contributed by atoms with E-state index in [1.54, 1.807) is 0 Å². The second kappa shape index (κ2) is 14.3. The summed E-state index contributed by atoms with van der Waals surface area (Å²) in [6.07, 6.45) is -4.75. The molecule has 1 aliphatic heterocycles. The Hall–Kier alpha value is -4.08. The zero-order valence-electron chi connectivity index (χ0n) is 21.5. The van der Waals surface area contributed by atoms with Crippen molar-refractivity contribution in [1.29, 1.82) is 0 Å². The number of hydrogen-bond acceptors (Lipinski definition) is 12. The van der Waals surface area contributed by atoms with Crippen LogP contribution in [0, 0.1) is 0 Å². The molecule has 0 radical (unpaired) electrons. The fraction of sp³-hybridized carbons (Fsp3) is 0.400. The molecule has 3 aromatic rings. The zero-order valence-corrected chi connectivity index (χ0v) is 21.5. The molecule has 0 fully saturated rings. The lowest BCUT2D eigenvalue weighted by molar-refractivity contribution is -0.274. The van der Waals surface area contributed by atoms with Gasteiger partial charge in [0.25, 0.3) is 0 Å². The molecular weight excluding hydrogens is 535 g/mol. The van der Waals surface area contributed by atoms with E-state index in [0.717, 1.165) is 5.56 Å². The van der Waals surface area contributed by atoms with Crippen molar-refractivity contribution in [2.75, 3.05) is 62.3 Å². The standard InChI is InChI=1S/C25H30F3N7O5/c26-25(27,28)40-19-4-1-17(2-5-19)14-31-23-33-22(30-8-10-37-12-11-36-9-7-29)34-24(35-23)32-15-18-3-6-20-21(13-18)39-16-38-20/h1-6,13H,7-12,14-16,29H2,(H3,30,31,32,33,34,35). The molecule has 0 saturated carbocycles. The van der Waals surface area contributed by atoms with Crippen molar-refractivity contribution in [3.05, 3.63) is 53.6 Å². The minimum absolute atomic E-state index is 0.187. The highest BCUT2D eigenvalue weighted by Gasteiger charge is 2.30. The molecule has 216 valence electrons. The number of rotatable bonds is 16. The van der Waals surface area contributed by atoms with E-state index in [0.29, 0.717) is 75.0 Å². The first-order chi connectivity index (χ1) is 19.4. The minimum Gasteiger partial charge on any atom is -0.454 e. The Kier molecular flexibility index (Phi) is 10.4. The lowest BCUT2D eigenvalue weighted by Gasteiger charge is -2.12. The maximum absolute atomic E-state index is 12.4. The van der Waals surface area contributed by atoms with E-state index in [2.05, 4.69) is 35.6 Å². The molecule has 2 aromatic carbocycles. The summed E-state index contributed by atoms with van der Waals surface area (Å²) < 4.78 is 62.7.